The standard InChI is InChI=1S/C17H21NO2/c1-12(2)11-18-17-13(3)16(19-4)6-5-15(17)14-7-9-20-10-8-14/h5-7,11H,1,8-10H2,2-4H3/b18-11-. The van der Waals surface area contributed by atoms with E-state index in [9.17, 15) is 0 Å². The van der Waals surface area contributed by atoms with Crippen molar-refractivity contribution in [1.29, 1.82) is 0 Å². The molecule has 0 unspecified atom stereocenters. The van der Waals surface area contributed by atoms with Gasteiger partial charge < -0.3 is 9.47 Å². The van der Waals surface area contributed by atoms with Crippen LogP contribution in [0.25, 0.3) is 5.57 Å². The van der Waals surface area contributed by atoms with Gasteiger partial charge in [-0.15, -0.1) is 0 Å². The Balaban J connectivity index is 2.52. The summed E-state index contributed by atoms with van der Waals surface area (Å²) in [7, 11) is 1.68. The summed E-state index contributed by atoms with van der Waals surface area (Å²) in [4.78, 5) is 4.60. The van der Waals surface area contributed by atoms with E-state index in [2.05, 4.69) is 23.7 Å². The molecule has 0 saturated carbocycles. The van der Waals surface area contributed by atoms with Crippen LogP contribution in [0, 0.1) is 6.92 Å². The van der Waals surface area contributed by atoms with E-state index < -0.39 is 0 Å². The summed E-state index contributed by atoms with van der Waals surface area (Å²) >= 11 is 0. The van der Waals surface area contributed by atoms with Crippen LogP contribution in [0.3, 0.4) is 0 Å². The first-order valence-corrected chi connectivity index (χ1v) is 6.77. The fraction of sp³-hybridized carbons (Fsp3) is 0.353. The van der Waals surface area contributed by atoms with Gasteiger partial charge in [-0.25, -0.2) is 0 Å². The number of hydrogen-bond acceptors (Lipinski definition) is 3. The highest BCUT2D eigenvalue weighted by molar-refractivity contribution is 5.85. The van der Waals surface area contributed by atoms with E-state index in [-0.39, 0.29) is 0 Å². The summed E-state index contributed by atoms with van der Waals surface area (Å²) in [5, 5.41) is 0. The molecule has 0 amide bonds. The van der Waals surface area contributed by atoms with Crippen LogP contribution in [0.2, 0.25) is 0 Å². The number of rotatable bonds is 4. The monoisotopic (exact) mass is 271 g/mol. The molecule has 2 rings (SSSR count). The number of hydrogen-bond donors (Lipinski definition) is 0. The van der Waals surface area contributed by atoms with Gasteiger partial charge in [0.25, 0.3) is 0 Å². The number of nitrogens with zero attached hydrogens (tertiary/aromatic N) is 1. The van der Waals surface area contributed by atoms with Gasteiger partial charge in [0, 0.05) is 17.3 Å². The maximum Gasteiger partial charge on any atom is 0.123 e. The molecule has 0 fully saturated rings. The Kier molecular flexibility index (Phi) is 4.74. The molecule has 0 N–H and O–H groups in total. The van der Waals surface area contributed by atoms with Crippen LogP contribution in [0.4, 0.5) is 5.69 Å². The summed E-state index contributed by atoms with van der Waals surface area (Å²) < 4.78 is 10.8. The van der Waals surface area contributed by atoms with E-state index >= 15 is 0 Å². The molecule has 0 bridgehead atoms. The highest BCUT2D eigenvalue weighted by Gasteiger charge is 2.14. The third-order valence-corrected chi connectivity index (χ3v) is 3.32. The van der Waals surface area contributed by atoms with E-state index in [1.54, 1.807) is 13.3 Å². The molecule has 0 radical (unpaired) electrons. The maximum atomic E-state index is 5.39. The molecule has 1 aliphatic rings. The minimum Gasteiger partial charge on any atom is -0.496 e. The van der Waals surface area contributed by atoms with Crippen molar-refractivity contribution in [2.45, 2.75) is 20.3 Å². The van der Waals surface area contributed by atoms with Crippen molar-refractivity contribution in [3.8, 4) is 5.75 Å². The smallest absolute Gasteiger partial charge is 0.123 e. The van der Waals surface area contributed by atoms with Gasteiger partial charge in [0.15, 0.2) is 0 Å². The molecule has 0 aliphatic carbocycles. The molecular formula is C17H21NO2. The van der Waals surface area contributed by atoms with Gasteiger partial charge in [-0.1, -0.05) is 12.7 Å². The average molecular weight is 271 g/mol. The lowest BCUT2D eigenvalue weighted by atomic mass is 9.97. The molecule has 0 saturated heterocycles. The van der Waals surface area contributed by atoms with Crippen LogP contribution in [-0.4, -0.2) is 26.5 Å². The molecule has 0 spiro atoms. The van der Waals surface area contributed by atoms with Crippen molar-refractivity contribution >= 4 is 17.5 Å². The van der Waals surface area contributed by atoms with Crippen molar-refractivity contribution in [3.05, 3.63) is 41.5 Å². The zero-order valence-electron chi connectivity index (χ0n) is 12.4. The van der Waals surface area contributed by atoms with E-state index in [4.69, 9.17) is 9.47 Å². The van der Waals surface area contributed by atoms with Crippen LogP contribution in [-0.2, 0) is 4.74 Å². The molecule has 3 heteroatoms. The highest BCUT2D eigenvalue weighted by atomic mass is 16.5. The van der Waals surface area contributed by atoms with Crippen molar-refractivity contribution in [1.82, 2.24) is 0 Å². The maximum absolute atomic E-state index is 5.39. The van der Waals surface area contributed by atoms with Gasteiger partial charge in [0.05, 0.1) is 26.0 Å². The Morgan fingerprint density at radius 1 is 1.45 bits per heavy atom. The van der Waals surface area contributed by atoms with Gasteiger partial charge in [0.1, 0.15) is 5.75 Å². The SMILES string of the molecule is C=C(C)/C=N\c1c(C2=CCOCC2)ccc(OC)c1C. The molecule has 1 aromatic rings. The van der Waals surface area contributed by atoms with Gasteiger partial charge in [-0.2, -0.15) is 0 Å². The molecule has 0 atom stereocenters. The number of allylic oxidation sites excluding steroid dienone is 1. The Morgan fingerprint density at radius 3 is 2.85 bits per heavy atom. The van der Waals surface area contributed by atoms with Crippen LogP contribution in [0.5, 0.6) is 5.75 Å². The Hall–Kier alpha value is -1.87. The van der Waals surface area contributed by atoms with E-state index in [1.807, 2.05) is 19.9 Å². The van der Waals surface area contributed by atoms with Crippen molar-refractivity contribution in [2.75, 3.05) is 20.3 Å². The van der Waals surface area contributed by atoms with Gasteiger partial charge >= 0.3 is 0 Å². The van der Waals surface area contributed by atoms with Crippen LogP contribution in [0.15, 0.2) is 35.4 Å². The topological polar surface area (TPSA) is 30.8 Å². The fourth-order valence-electron chi connectivity index (χ4n) is 2.27. The molecule has 3 nitrogen and oxygen atoms in total. The van der Waals surface area contributed by atoms with E-state index in [0.29, 0.717) is 6.61 Å². The summed E-state index contributed by atoms with van der Waals surface area (Å²) in [5.41, 5.74) is 5.38. The summed E-state index contributed by atoms with van der Waals surface area (Å²) in [6.45, 7) is 9.28. The molecule has 1 aliphatic heterocycles. The summed E-state index contributed by atoms with van der Waals surface area (Å²) in [5.74, 6) is 0.857. The van der Waals surface area contributed by atoms with E-state index in [1.165, 1.54) is 5.57 Å². The lowest BCUT2D eigenvalue weighted by Gasteiger charge is -2.18. The number of methoxy groups -OCH3 is 1. The zero-order chi connectivity index (χ0) is 14.5. The second-order valence-electron chi connectivity index (χ2n) is 4.95. The predicted molar refractivity (Wildman–Crippen MR) is 84.1 cm³/mol. The third-order valence-electron chi connectivity index (χ3n) is 3.32. The zero-order valence-corrected chi connectivity index (χ0v) is 12.4. The minimum absolute atomic E-state index is 0.671. The van der Waals surface area contributed by atoms with Crippen molar-refractivity contribution < 1.29 is 9.47 Å². The lowest BCUT2D eigenvalue weighted by molar-refractivity contribution is 0.161. The molecule has 1 heterocycles. The van der Waals surface area contributed by atoms with Gasteiger partial charge in [0.2, 0.25) is 0 Å². The fourth-order valence-corrected chi connectivity index (χ4v) is 2.27. The molecule has 1 aromatic carbocycles. The second-order valence-corrected chi connectivity index (χ2v) is 4.95. The Labute approximate surface area is 120 Å². The van der Waals surface area contributed by atoms with Crippen LogP contribution >= 0.6 is 0 Å². The normalized spacial score (nSPS) is 15.2. The Bertz CT molecular complexity index is 571. The summed E-state index contributed by atoms with van der Waals surface area (Å²) in [6.07, 6.45) is 4.84. The molecule has 20 heavy (non-hydrogen) atoms. The second kappa shape index (κ2) is 6.53. The number of ether oxygens (including phenoxy) is 2. The first-order valence-electron chi connectivity index (χ1n) is 6.77. The number of benzene rings is 1. The third kappa shape index (κ3) is 3.17. The predicted octanol–water partition coefficient (Wildman–Crippen LogP) is 4.09. The van der Waals surface area contributed by atoms with Gasteiger partial charge in [-0.3, -0.25) is 4.99 Å². The largest absolute Gasteiger partial charge is 0.496 e. The quantitative estimate of drug-likeness (QED) is 0.772. The molecule has 0 aromatic heterocycles. The molecular weight excluding hydrogens is 250 g/mol. The average Bonchev–Trinajstić information content (AvgIpc) is 2.46. The highest BCUT2D eigenvalue weighted by Crippen LogP contribution is 2.37. The number of aliphatic imine (C=N–C) groups is 1. The Morgan fingerprint density at radius 2 is 2.25 bits per heavy atom. The lowest BCUT2D eigenvalue weighted by Crippen LogP contribution is -2.04. The summed E-state index contributed by atoms with van der Waals surface area (Å²) in [6, 6.07) is 4.08. The van der Waals surface area contributed by atoms with Gasteiger partial charge in [-0.05, 0) is 43.5 Å². The van der Waals surface area contributed by atoms with Crippen LogP contribution < -0.4 is 4.74 Å². The van der Waals surface area contributed by atoms with Crippen LogP contribution in [0.1, 0.15) is 24.5 Å². The van der Waals surface area contributed by atoms with Crippen molar-refractivity contribution in [3.63, 3.8) is 0 Å². The molecule has 106 valence electrons. The first-order chi connectivity index (χ1) is 9.63. The minimum atomic E-state index is 0.671. The van der Waals surface area contributed by atoms with Crippen molar-refractivity contribution in [2.24, 2.45) is 4.99 Å². The first kappa shape index (κ1) is 14.5. The van der Waals surface area contributed by atoms with E-state index in [0.717, 1.165) is 41.2 Å².